The Morgan fingerprint density at radius 2 is 2.05 bits per heavy atom. The van der Waals surface area contributed by atoms with Crippen molar-refractivity contribution in [2.75, 3.05) is 23.3 Å². The van der Waals surface area contributed by atoms with Gasteiger partial charge in [0.1, 0.15) is 11.6 Å². The maximum Gasteiger partial charge on any atom is 0.149 e. The van der Waals surface area contributed by atoms with Gasteiger partial charge in [-0.25, -0.2) is 4.98 Å². The van der Waals surface area contributed by atoms with Crippen molar-refractivity contribution in [2.24, 2.45) is 5.92 Å². The molecule has 1 heterocycles. The summed E-state index contributed by atoms with van der Waals surface area (Å²) in [4.78, 5) is 4.15. The molecular formula is C14H24N4O. The Hall–Kier alpha value is -1.49. The van der Waals surface area contributed by atoms with Gasteiger partial charge in [-0.15, -0.1) is 0 Å². The van der Waals surface area contributed by atoms with Gasteiger partial charge in [-0.2, -0.15) is 0 Å². The van der Waals surface area contributed by atoms with Crippen LogP contribution in [0.3, 0.4) is 0 Å². The number of aromatic nitrogens is 1. The van der Waals surface area contributed by atoms with Crippen LogP contribution >= 0.6 is 0 Å². The lowest BCUT2D eigenvalue weighted by atomic mass is 9.78. The molecule has 0 spiro atoms. The number of hydrogen-bond donors (Lipinski definition) is 4. The Morgan fingerprint density at radius 1 is 1.37 bits per heavy atom. The Balaban J connectivity index is 1.89. The molecule has 0 aromatic carbocycles. The van der Waals surface area contributed by atoms with E-state index in [4.69, 9.17) is 11.5 Å². The summed E-state index contributed by atoms with van der Waals surface area (Å²) in [5.74, 6) is 1.76. The molecule has 0 saturated heterocycles. The minimum atomic E-state index is -0.622. The van der Waals surface area contributed by atoms with E-state index in [1.54, 1.807) is 12.1 Å². The van der Waals surface area contributed by atoms with Gasteiger partial charge in [0, 0.05) is 6.54 Å². The Bertz CT molecular complexity index is 427. The highest BCUT2D eigenvalue weighted by atomic mass is 16.3. The molecule has 5 nitrogen and oxygen atoms in total. The zero-order chi connectivity index (χ0) is 13.9. The van der Waals surface area contributed by atoms with Crippen LogP contribution in [0.1, 0.15) is 39.0 Å². The van der Waals surface area contributed by atoms with Crippen molar-refractivity contribution in [3.63, 3.8) is 0 Å². The molecule has 5 heteroatoms. The van der Waals surface area contributed by atoms with Crippen LogP contribution in [0.25, 0.3) is 0 Å². The van der Waals surface area contributed by atoms with Gasteiger partial charge in [-0.1, -0.05) is 13.3 Å². The van der Waals surface area contributed by atoms with E-state index in [1.165, 1.54) is 6.42 Å². The lowest BCUT2D eigenvalue weighted by Gasteiger charge is -2.36. The minimum Gasteiger partial charge on any atom is -0.396 e. The van der Waals surface area contributed by atoms with Crippen molar-refractivity contribution < 1.29 is 5.11 Å². The van der Waals surface area contributed by atoms with Crippen molar-refractivity contribution >= 4 is 17.3 Å². The second-order valence-corrected chi connectivity index (χ2v) is 5.60. The number of hydrogen-bond acceptors (Lipinski definition) is 5. The Morgan fingerprint density at radius 3 is 2.63 bits per heavy atom. The van der Waals surface area contributed by atoms with E-state index >= 15 is 0 Å². The van der Waals surface area contributed by atoms with E-state index < -0.39 is 5.60 Å². The first kappa shape index (κ1) is 13.9. The van der Waals surface area contributed by atoms with Crippen LogP contribution in [0.4, 0.5) is 17.3 Å². The number of pyridine rings is 1. The normalized spacial score (nSPS) is 27.2. The number of nitrogens with two attached hydrogens (primary N) is 2. The number of nitrogens with zero attached hydrogens (tertiary/aromatic N) is 1. The van der Waals surface area contributed by atoms with Gasteiger partial charge in [0.15, 0.2) is 0 Å². The molecule has 1 aliphatic rings. The molecule has 1 fully saturated rings. The zero-order valence-corrected chi connectivity index (χ0v) is 11.5. The van der Waals surface area contributed by atoms with Crippen molar-refractivity contribution in [1.29, 1.82) is 0 Å². The van der Waals surface area contributed by atoms with E-state index in [2.05, 4.69) is 17.2 Å². The molecule has 1 aromatic heterocycles. The van der Waals surface area contributed by atoms with E-state index in [9.17, 15) is 5.11 Å². The molecule has 6 N–H and O–H groups in total. The van der Waals surface area contributed by atoms with Gasteiger partial charge in [0.2, 0.25) is 0 Å². The van der Waals surface area contributed by atoms with Crippen molar-refractivity contribution in [1.82, 2.24) is 4.98 Å². The Labute approximate surface area is 114 Å². The maximum atomic E-state index is 10.5. The third kappa shape index (κ3) is 3.50. The molecule has 19 heavy (non-hydrogen) atoms. The summed E-state index contributed by atoms with van der Waals surface area (Å²) in [7, 11) is 0. The lowest BCUT2D eigenvalue weighted by Crippen LogP contribution is -2.40. The summed E-state index contributed by atoms with van der Waals surface area (Å²) in [5.41, 5.74) is 11.1. The highest BCUT2D eigenvalue weighted by Crippen LogP contribution is 2.33. The molecule has 0 atom stereocenters. The molecule has 0 amide bonds. The fourth-order valence-electron chi connectivity index (χ4n) is 2.64. The Kier molecular flexibility index (Phi) is 4.14. The minimum absolute atomic E-state index is 0.326. The molecule has 1 aliphatic carbocycles. The lowest BCUT2D eigenvalue weighted by molar-refractivity contribution is 0.00223. The van der Waals surface area contributed by atoms with Gasteiger partial charge in [-0.05, 0) is 43.7 Å². The third-order valence-corrected chi connectivity index (χ3v) is 4.17. The molecule has 0 radical (unpaired) electrons. The number of aliphatic hydroxyl groups is 1. The average Bonchev–Trinajstić information content (AvgIpc) is 2.41. The first-order chi connectivity index (χ1) is 9.02. The number of anilines is 3. The molecule has 0 aliphatic heterocycles. The van der Waals surface area contributed by atoms with E-state index in [0.29, 0.717) is 23.9 Å². The largest absolute Gasteiger partial charge is 0.396 e. The summed E-state index contributed by atoms with van der Waals surface area (Å²) in [5, 5.41) is 13.7. The summed E-state index contributed by atoms with van der Waals surface area (Å²) in [6.07, 6.45) is 5.11. The van der Waals surface area contributed by atoms with Gasteiger partial charge < -0.3 is 21.9 Å². The fourth-order valence-corrected chi connectivity index (χ4v) is 2.64. The molecule has 0 unspecified atom stereocenters. The third-order valence-electron chi connectivity index (χ3n) is 4.17. The quantitative estimate of drug-likeness (QED) is 0.667. The van der Waals surface area contributed by atoms with Crippen LogP contribution < -0.4 is 16.8 Å². The van der Waals surface area contributed by atoms with Crippen molar-refractivity contribution in [3.8, 4) is 0 Å². The van der Waals surface area contributed by atoms with Gasteiger partial charge in [-0.3, -0.25) is 0 Å². The van der Waals surface area contributed by atoms with Gasteiger partial charge in [0.25, 0.3) is 0 Å². The predicted octanol–water partition coefficient (Wildman–Crippen LogP) is 1.99. The van der Waals surface area contributed by atoms with E-state index in [0.717, 1.165) is 31.6 Å². The second kappa shape index (κ2) is 5.65. The first-order valence-corrected chi connectivity index (χ1v) is 7.00. The summed E-state index contributed by atoms with van der Waals surface area (Å²) >= 11 is 0. The number of nitrogen functional groups attached to an aromatic ring is 2. The maximum absolute atomic E-state index is 10.5. The second-order valence-electron chi connectivity index (χ2n) is 5.60. The highest BCUT2D eigenvalue weighted by Gasteiger charge is 2.32. The molecular weight excluding hydrogens is 240 g/mol. The fraction of sp³-hybridized carbons (Fsp3) is 0.643. The topological polar surface area (TPSA) is 97.2 Å². The van der Waals surface area contributed by atoms with Crippen LogP contribution in [-0.4, -0.2) is 22.2 Å². The van der Waals surface area contributed by atoms with Crippen molar-refractivity contribution in [2.45, 2.75) is 44.6 Å². The first-order valence-electron chi connectivity index (χ1n) is 7.00. The van der Waals surface area contributed by atoms with E-state index in [-0.39, 0.29) is 0 Å². The number of rotatable bonds is 4. The van der Waals surface area contributed by atoms with Crippen LogP contribution in [0.2, 0.25) is 0 Å². The SMILES string of the molecule is CCC1CCC(O)(CNc2ccc(N)c(N)n2)CC1. The number of nitrogens with one attached hydrogen (secondary N) is 1. The van der Waals surface area contributed by atoms with Crippen LogP contribution in [-0.2, 0) is 0 Å². The summed E-state index contributed by atoms with van der Waals surface area (Å²) < 4.78 is 0. The monoisotopic (exact) mass is 264 g/mol. The predicted molar refractivity (Wildman–Crippen MR) is 78.8 cm³/mol. The van der Waals surface area contributed by atoms with Crippen molar-refractivity contribution in [3.05, 3.63) is 12.1 Å². The molecule has 106 valence electrons. The van der Waals surface area contributed by atoms with E-state index in [1.807, 2.05) is 0 Å². The van der Waals surface area contributed by atoms with Crippen LogP contribution in [0.15, 0.2) is 12.1 Å². The highest BCUT2D eigenvalue weighted by molar-refractivity contribution is 5.61. The van der Waals surface area contributed by atoms with Crippen LogP contribution in [0, 0.1) is 5.92 Å². The summed E-state index contributed by atoms with van der Waals surface area (Å²) in [6.45, 7) is 2.73. The molecule has 1 saturated carbocycles. The molecule has 1 aromatic rings. The van der Waals surface area contributed by atoms with Gasteiger partial charge in [0.05, 0.1) is 11.3 Å². The molecule has 0 bridgehead atoms. The standard InChI is InChI=1S/C14H24N4O/c1-2-10-5-7-14(19,8-6-10)9-17-12-4-3-11(15)13(16)18-12/h3-4,10,19H,2,5-9,15H2,1H3,(H3,16,17,18). The smallest absolute Gasteiger partial charge is 0.149 e. The molecule has 2 rings (SSSR count). The average molecular weight is 264 g/mol. The van der Waals surface area contributed by atoms with Crippen LogP contribution in [0.5, 0.6) is 0 Å². The zero-order valence-electron chi connectivity index (χ0n) is 11.5. The van der Waals surface area contributed by atoms with Gasteiger partial charge >= 0.3 is 0 Å². The summed E-state index contributed by atoms with van der Waals surface area (Å²) in [6, 6.07) is 3.51.